The van der Waals surface area contributed by atoms with Crippen molar-refractivity contribution in [2.75, 3.05) is 6.54 Å². The van der Waals surface area contributed by atoms with Gasteiger partial charge in [0.25, 0.3) is 0 Å². The van der Waals surface area contributed by atoms with Gasteiger partial charge in [-0.2, -0.15) is 4.98 Å². The molecule has 0 aliphatic heterocycles. The first-order chi connectivity index (χ1) is 9.69. The molecule has 0 spiro atoms. The molecule has 5 heteroatoms. The molecule has 0 saturated carbocycles. The van der Waals surface area contributed by atoms with Gasteiger partial charge in [-0.3, -0.25) is 0 Å². The van der Waals surface area contributed by atoms with E-state index in [2.05, 4.69) is 46.6 Å². The van der Waals surface area contributed by atoms with Crippen molar-refractivity contribution in [1.29, 1.82) is 0 Å². The van der Waals surface area contributed by atoms with E-state index in [0.717, 1.165) is 24.7 Å². The number of nitrogens with one attached hydrogen (secondary N) is 1. The average molecular weight is 291 g/mol. The third-order valence-electron chi connectivity index (χ3n) is 2.85. The van der Waals surface area contributed by atoms with Crippen LogP contribution in [-0.2, 0) is 12.3 Å². The lowest BCUT2D eigenvalue weighted by atomic mass is 10.2. The lowest BCUT2D eigenvalue weighted by Crippen LogP contribution is -2.11. The van der Waals surface area contributed by atoms with E-state index in [1.54, 1.807) is 11.8 Å². The molecule has 1 heterocycles. The Labute approximate surface area is 124 Å². The Kier molecular flexibility index (Phi) is 5.61. The van der Waals surface area contributed by atoms with Crippen LogP contribution >= 0.6 is 11.8 Å². The van der Waals surface area contributed by atoms with E-state index < -0.39 is 0 Å². The number of aromatic nitrogens is 2. The molecule has 0 aliphatic rings. The summed E-state index contributed by atoms with van der Waals surface area (Å²) in [6, 6.07) is 8.59. The Morgan fingerprint density at radius 1 is 1.25 bits per heavy atom. The molecule has 2 rings (SSSR count). The second kappa shape index (κ2) is 7.45. The van der Waals surface area contributed by atoms with Gasteiger partial charge in [0.15, 0.2) is 5.82 Å². The molecule has 20 heavy (non-hydrogen) atoms. The van der Waals surface area contributed by atoms with E-state index in [4.69, 9.17) is 4.52 Å². The molecule has 1 aromatic heterocycles. The highest BCUT2D eigenvalue weighted by Crippen LogP contribution is 2.22. The van der Waals surface area contributed by atoms with Crippen molar-refractivity contribution in [2.45, 2.75) is 43.9 Å². The summed E-state index contributed by atoms with van der Waals surface area (Å²) in [5, 5.41) is 7.31. The quantitative estimate of drug-likeness (QED) is 0.790. The third kappa shape index (κ3) is 4.35. The molecular weight excluding hydrogens is 270 g/mol. The molecule has 0 unspecified atom stereocenters. The SMILES string of the molecule is CCNCc1ccc(SCc2noc(C(C)C)n2)cc1. The van der Waals surface area contributed by atoms with E-state index in [1.165, 1.54) is 10.5 Å². The number of rotatable bonds is 7. The van der Waals surface area contributed by atoms with Gasteiger partial charge in [0.2, 0.25) is 5.89 Å². The minimum absolute atomic E-state index is 0.284. The Morgan fingerprint density at radius 2 is 2.00 bits per heavy atom. The van der Waals surface area contributed by atoms with E-state index in [0.29, 0.717) is 5.89 Å². The first-order valence-electron chi connectivity index (χ1n) is 6.94. The van der Waals surface area contributed by atoms with Gasteiger partial charge in [-0.1, -0.05) is 38.1 Å². The molecule has 0 aliphatic carbocycles. The monoisotopic (exact) mass is 291 g/mol. The summed E-state index contributed by atoms with van der Waals surface area (Å²) < 4.78 is 5.20. The van der Waals surface area contributed by atoms with Crippen molar-refractivity contribution in [3.63, 3.8) is 0 Å². The van der Waals surface area contributed by atoms with E-state index in [-0.39, 0.29) is 5.92 Å². The maximum atomic E-state index is 5.20. The van der Waals surface area contributed by atoms with Crippen LogP contribution in [-0.4, -0.2) is 16.7 Å². The normalized spacial score (nSPS) is 11.2. The molecule has 0 atom stereocenters. The number of hydrogen-bond donors (Lipinski definition) is 1. The smallest absolute Gasteiger partial charge is 0.229 e. The van der Waals surface area contributed by atoms with Crippen LogP contribution in [0.15, 0.2) is 33.7 Å². The van der Waals surface area contributed by atoms with Crippen molar-refractivity contribution < 1.29 is 4.52 Å². The molecule has 4 nitrogen and oxygen atoms in total. The van der Waals surface area contributed by atoms with Gasteiger partial charge in [-0.15, -0.1) is 11.8 Å². The van der Waals surface area contributed by atoms with Crippen LogP contribution in [0.4, 0.5) is 0 Å². The largest absolute Gasteiger partial charge is 0.339 e. The zero-order chi connectivity index (χ0) is 14.4. The van der Waals surface area contributed by atoms with Crippen molar-refractivity contribution in [3.8, 4) is 0 Å². The Morgan fingerprint density at radius 3 is 2.60 bits per heavy atom. The maximum absolute atomic E-state index is 5.20. The van der Waals surface area contributed by atoms with E-state index >= 15 is 0 Å². The number of thioether (sulfide) groups is 1. The van der Waals surface area contributed by atoms with Crippen molar-refractivity contribution in [2.24, 2.45) is 0 Å². The summed E-state index contributed by atoms with van der Waals surface area (Å²) >= 11 is 1.73. The van der Waals surface area contributed by atoms with Gasteiger partial charge < -0.3 is 9.84 Å². The Balaban J connectivity index is 1.86. The minimum atomic E-state index is 0.284. The number of benzene rings is 1. The highest BCUT2D eigenvalue weighted by molar-refractivity contribution is 7.98. The second-order valence-electron chi connectivity index (χ2n) is 4.92. The van der Waals surface area contributed by atoms with Crippen LogP contribution in [0.5, 0.6) is 0 Å². The minimum Gasteiger partial charge on any atom is -0.339 e. The van der Waals surface area contributed by atoms with Gasteiger partial charge in [0.1, 0.15) is 0 Å². The van der Waals surface area contributed by atoms with Crippen LogP contribution in [0.3, 0.4) is 0 Å². The highest BCUT2D eigenvalue weighted by Gasteiger charge is 2.09. The first kappa shape index (κ1) is 15.1. The molecule has 0 radical (unpaired) electrons. The summed E-state index contributed by atoms with van der Waals surface area (Å²) in [5.74, 6) is 2.49. The Hall–Kier alpha value is -1.33. The second-order valence-corrected chi connectivity index (χ2v) is 5.97. The number of hydrogen-bond acceptors (Lipinski definition) is 5. The standard InChI is InChI=1S/C15H21N3OS/c1-4-16-9-12-5-7-13(8-6-12)20-10-14-17-15(11(2)3)19-18-14/h5-8,11,16H,4,9-10H2,1-3H3. The molecule has 0 amide bonds. The fourth-order valence-electron chi connectivity index (χ4n) is 1.68. The molecule has 1 N–H and O–H groups in total. The number of nitrogens with zero attached hydrogens (tertiary/aromatic N) is 2. The fraction of sp³-hybridized carbons (Fsp3) is 0.467. The van der Waals surface area contributed by atoms with E-state index in [9.17, 15) is 0 Å². The van der Waals surface area contributed by atoms with Crippen LogP contribution in [0, 0.1) is 0 Å². The van der Waals surface area contributed by atoms with Crippen molar-refractivity contribution >= 4 is 11.8 Å². The fourth-order valence-corrected chi connectivity index (χ4v) is 2.42. The lowest BCUT2D eigenvalue weighted by molar-refractivity contribution is 0.362. The zero-order valence-electron chi connectivity index (χ0n) is 12.2. The predicted octanol–water partition coefficient (Wildman–Crippen LogP) is 3.59. The van der Waals surface area contributed by atoms with E-state index in [1.807, 2.05) is 13.8 Å². The van der Waals surface area contributed by atoms with Gasteiger partial charge >= 0.3 is 0 Å². The highest BCUT2D eigenvalue weighted by atomic mass is 32.2. The Bertz CT molecular complexity index is 522. The molecule has 0 bridgehead atoms. The van der Waals surface area contributed by atoms with Crippen LogP contribution in [0.2, 0.25) is 0 Å². The summed E-state index contributed by atoms with van der Waals surface area (Å²) in [5.41, 5.74) is 1.30. The molecular formula is C15H21N3OS. The topological polar surface area (TPSA) is 51.0 Å². The molecule has 0 saturated heterocycles. The molecule has 1 aromatic carbocycles. The first-order valence-corrected chi connectivity index (χ1v) is 7.92. The summed E-state index contributed by atoms with van der Waals surface area (Å²) in [4.78, 5) is 5.60. The average Bonchev–Trinajstić information content (AvgIpc) is 2.93. The van der Waals surface area contributed by atoms with Crippen molar-refractivity contribution in [1.82, 2.24) is 15.5 Å². The summed E-state index contributed by atoms with van der Waals surface area (Å²) in [7, 11) is 0. The lowest BCUT2D eigenvalue weighted by Gasteiger charge is -2.03. The van der Waals surface area contributed by atoms with Gasteiger partial charge in [-0.05, 0) is 24.2 Å². The summed E-state index contributed by atoms with van der Waals surface area (Å²) in [6.07, 6.45) is 0. The van der Waals surface area contributed by atoms with Crippen LogP contribution in [0.1, 0.15) is 44.0 Å². The molecule has 2 aromatic rings. The van der Waals surface area contributed by atoms with Crippen molar-refractivity contribution in [3.05, 3.63) is 41.5 Å². The predicted molar refractivity (Wildman–Crippen MR) is 81.8 cm³/mol. The van der Waals surface area contributed by atoms with Crippen LogP contribution < -0.4 is 5.32 Å². The van der Waals surface area contributed by atoms with Gasteiger partial charge in [0.05, 0.1) is 5.75 Å². The van der Waals surface area contributed by atoms with Gasteiger partial charge in [-0.25, -0.2) is 0 Å². The third-order valence-corrected chi connectivity index (χ3v) is 3.86. The maximum Gasteiger partial charge on any atom is 0.229 e. The zero-order valence-corrected chi connectivity index (χ0v) is 13.0. The van der Waals surface area contributed by atoms with Crippen LogP contribution in [0.25, 0.3) is 0 Å². The molecule has 108 valence electrons. The molecule has 0 fully saturated rings. The van der Waals surface area contributed by atoms with Gasteiger partial charge in [0, 0.05) is 17.4 Å². The summed E-state index contributed by atoms with van der Waals surface area (Å²) in [6.45, 7) is 8.12.